The smallest absolute Gasteiger partial charge is 0.168 e. The van der Waals surface area contributed by atoms with Crippen molar-refractivity contribution >= 4 is 23.3 Å². The predicted molar refractivity (Wildman–Crippen MR) is 97.9 cm³/mol. The van der Waals surface area contributed by atoms with E-state index in [0.717, 1.165) is 42.9 Å². The quantitative estimate of drug-likeness (QED) is 0.431. The maximum absolute atomic E-state index is 12.7. The van der Waals surface area contributed by atoms with Crippen LogP contribution in [0.3, 0.4) is 0 Å². The number of hydrogen-bond acceptors (Lipinski definition) is 5. The van der Waals surface area contributed by atoms with Gasteiger partial charge in [0.05, 0.1) is 18.4 Å². The highest BCUT2D eigenvalue weighted by atomic mass is 32.2. The number of methoxy groups -OCH3 is 1. The third-order valence-electron chi connectivity index (χ3n) is 3.95. The predicted octanol–water partition coefficient (Wildman–Crippen LogP) is 4.59. The van der Waals surface area contributed by atoms with E-state index >= 15 is 0 Å². The highest BCUT2D eigenvalue weighted by molar-refractivity contribution is 7.99. The molecule has 0 fully saturated rings. The van der Waals surface area contributed by atoms with E-state index in [-0.39, 0.29) is 5.78 Å². The van der Waals surface area contributed by atoms with Gasteiger partial charge in [0.25, 0.3) is 0 Å². The number of rotatable bonds is 10. The first-order valence-electron chi connectivity index (χ1n) is 8.68. The molecule has 0 aromatic carbocycles. The summed E-state index contributed by atoms with van der Waals surface area (Å²) >= 11 is 1.95. The number of ketones is 1. The molecule has 5 heteroatoms. The van der Waals surface area contributed by atoms with E-state index < -0.39 is 0 Å². The Morgan fingerprint density at radius 2 is 2.09 bits per heavy atom. The van der Waals surface area contributed by atoms with Crippen molar-refractivity contribution in [2.75, 3.05) is 19.5 Å². The molecule has 2 atom stereocenters. The van der Waals surface area contributed by atoms with E-state index in [1.165, 1.54) is 0 Å². The van der Waals surface area contributed by atoms with Crippen LogP contribution in [-0.2, 0) is 14.4 Å². The highest BCUT2D eigenvalue weighted by Crippen LogP contribution is 2.34. The van der Waals surface area contributed by atoms with E-state index in [1.54, 1.807) is 7.11 Å². The molecule has 132 valence electrons. The summed E-state index contributed by atoms with van der Waals surface area (Å²) in [5, 5.41) is 4.75. The van der Waals surface area contributed by atoms with Gasteiger partial charge in [-0.2, -0.15) is 11.8 Å². The first-order valence-corrected chi connectivity index (χ1v) is 9.73. The van der Waals surface area contributed by atoms with Crippen molar-refractivity contribution < 1.29 is 14.4 Å². The van der Waals surface area contributed by atoms with Gasteiger partial charge in [-0.15, -0.1) is 0 Å². The number of nitrogens with zero attached hydrogens (tertiary/aromatic N) is 1. The van der Waals surface area contributed by atoms with Crippen LogP contribution in [-0.4, -0.2) is 36.2 Å². The maximum Gasteiger partial charge on any atom is 0.168 e. The molecule has 0 N–H and O–H groups in total. The lowest BCUT2D eigenvalue weighted by Crippen LogP contribution is -2.26. The van der Waals surface area contributed by atoms with Crippen LogP contribution >= 0.6 is 11.8 Å². The average Bonchev–Trinajstić information content (AvgIpc) is 2.51. The summed E-state index contributed by atoms with van der Waals surface area (Å²) in [6.07, 6.45) is 4.12. The number of ether oxygens (including phenoxy) is 1. The first kappa shape index (κ1) is 20.1. The molecule has 0 bridgehead atoms. The number of thioether (sulfide) groups is 1. The zero-order valence-electron chi connectivity index (χ0n) is 15.2. The second kappa shape index (κ2) is 10.7. The summed E-state index contributed by atoms with van der Waals surface area (Å²) in [5.41, 5.74) is 1.40. The zero-order chi connectivity index (χ0) is 17.2. The number of Topliss-reactive ketones (excluding diaryl/α,β-unsaturated/α-hetero) is 1. The normalized spacial score (nSPS) is 20.7. The van der Waals surface area contributed by atoms with Gasteiger partial charge in [-0.25, -0.2) is 0 Å². The van der Waals surface area contributed by atoms with Crippen molar-refractivity contribution in [1.29, 1.82) is 0 Å². The lowest BCUT2D eigenvalue weighted by Gasteiger charge is -2.27. The molecule has 0 aliphatic heterocycles. The molecular formula is C18H31NO3S. The molecule has 0 amide bonds. The van der Waals surface area contributed by atoms with Crippen LogP contribution in [0.5, 0.6) is 0 Å². The van der Waals surface area contributed by atoms with Crippen molar-refractivity contribution in [3.63, 3.8) is 0 Å². The molecule has 0 radical (unpaired) electrons. The van der Waals surface area contributed by atoms with Crippen molar-refractivity contribution in [1.82, 2.24) is 0 Å². The van der Waals surface area contributed by atoms with Gasteiger partial charge in [0.2, 0.25) is 0 Å². The van der Waals surface area contributed by atoms with Crippen LogP contribution < -0.4 is 0 Å². The molecule has 0 saturated carbocycles. The van der Waals surface area contributed by atoms with Crippen molar-refractivity contribution in [3.05, 3.63) is 11.3 Å². The Morgan fingerprint density at radius 3 is 2.65 bits per heavy atom. The fourth-order valence-electron chi connectivity index (χ4n) is 3.05. The molecule has 23 heavy (non-hydrogen) atoms. The fraction of sp³-hybridized carbons (Fsp3) is 0.778. The summed E-state index contributed by atoms with van der Waals surface area (Å²) in [7, 11) is 1.65. The second-order valence-corrected chi connectivity index (χ2v) is 7.62. The van der Waals surface area contributed by atoms with Gasteiger partial charge in [0.15, 0.2) is 5.78 Å². The van der Waals surface area contributed by atoms with E-state index in [1.807, 2.05) is 18.7 Å². The number of oxime groups is 1. The monoisotopic (exact) mass is 341 g/mol. The van der Waals surface area contributed by atoms with Crippen LogP contribution in [0.1, 0.15) is 59.8 Å². The topological polar surface area (TPSA) is 47.9 Å². The number of carbonyl (C=O) groups is 1. The van der Waals surface area contributed by atoms with Crippen LogP contribution in [0.25, 0.3) is 0 Å². The Kier molecular flexibility index (Phi) is 9.37. The molecule has 1 aliphatic rings. The van der Waals surface area contributed by atoms with Crippen LogP contribution in [0.2, 0.25) is 0 Å². The standard InChI is InChI=1S/C18H31NO3S/c1-6-9-15(19-22-7-2)18-16(20)11-14(12-17(18)21-5)10-13(4)23-8-3/h13-14H,6-12H2,1-5H3/b19-15-. The minimum absolute atomic E-state index is 0.152. The number of hydrogen-bond donors (Lipinski definition) is 0. The Morgan fingerprint density at radius 1 is 1.35 bits per heavy atom. The molecule has 0 spiro atoms. The Hall–Kier alpha value is -0.970. The Labute approximate surface area is 145 Å². The van der Waals surface area contributed by atoms with E-state index in [4.69, 9.17) is 9.57 Å². The minimum atomic E-state index is 0.152. The summed E-state index contributed by atoms with van der Waals surface area (Å²) in [6.45, 7) is 8.89. The third kappa shape index (κ3) is 6.21. The zero-order valence-corrected chi connectivity index (χ0v) is 16.0. The largest absolute Gasteiger partial charge is 0.500 e. The highest BCUT2D eigenvalue weighted by Gasteiger charge is 2.32. The van der Waals surface area contributed by atoms with Gasteiger partial charge < -0.3 is 9.57 Å². The molecule has 2 unspecified atom stereocenters. The fourth-order valence-corrected chi connectivity index (χ4v) is 4.02. The van der Waals surface area contributed by atoms with E-state index in [0.29, 0.717) is 29.8 Å². The van der Waals surface area contributed by atoms with Crippen LogP contribution in [0.15, 0.2) is 16.5 Å². The van der Waals surface area contributed by atoms with Gasteiger partial charge in [0.1, 0.15) is 12.4 Å². The van der Waals surface area contributed by atoms with Crippen LogP contribution in [0.4, 0.5) is 0 Å². The van der Waals surface area contributed by atoms with Crippen molar-refractivity contribution in [2.24, 2.45) is 11.1 Å². The molecule has 1 aliphatic carbocycles. The molecule has 0 saturated heterocycles. The average molecular weight is 342 g/mol. The molecule has 1 rings (SSSR count). The maximum atomic E-state index is 12.7. The summed E-state index contributed by atoms with van der Waals surface area (Å²) in [5.74, 6) is 2.41. The molecule has 4 nitrogen and oxygen atoms in total. The van der Waals surface area contributed by atoms with Gasteiger partial charge in [-0.1, -0.05) is 32.3 Å². The van der Waals surface area contributed by atoms with E-state index in [2.05, 4.69) is 25.9 Å². The van der Waals surface area contributed by atoms with Gasteiger partial charge >= 0.3 is 0 Å². The van der Waals surface area contributed by atoms with Gasteiger partial charge in [0, 0.05) is 18.1 Å². The van der Waals surface area contributed by atoms with Crippen molar-refractivity contribution in [2.45, 2.75) is 65.0 Å². The number of carbonyl (C=O) groups excluding carboxylic acids is 1. The third-order valence-corrected chi connectivity index (χ3v) is 5.04. The lowest BCUT2D eigenvalue weighted by molar-refractivity contribution is -0.117. The van der Waals surface area contributed by atoms with Gasteiger partial charge in [-0.05, 0) is 31.4 Å². The SMILES string of the molecule is CCC/C(=N/OCC)C1=C(OC)CC(CC(C)SCC)CC1=O. The Bertz CT molecular complexity index is 446. The molecule has 0 aromatic rings. The minimum Gasteiger partial charge on any atom is -0.500 e. The van der Waals surface area contributed by atoms with E-state index in [9.17, 15) is 4.79 Å². The van der Waals surface area contributed by atoms with Crippen LogP contribution in [0, 0.1) is 5.92 Å². The summed E-state index contributed by atoms with van der Waals surface area (Å²) in [6, 6.07) is 0. The van der Waals surface area contributed by atoms with Crippen molar-refractivity contribution in [3.8, 4) is 0 Å². The molecule has 0 heterocycles. The van der Waals surface area contributed by atoms with Gasteiger partial charge in [-0.3, -0.25) is 4.79 Å². The summed E-state index contributed by atoms with van der Waals surface area (Å²) in [4.78, 5) is 17.9. The number of allylic oxidation sites excluding steroid dienone is 2. The first-order chi connectivity index (χ1) is 11.1. The molecule has 0 aromatic heterocycles. The lowest BCUT2D eigenvalue weighted by atomic mass is 9.82. The molecular weight excluding hydrogens is 310 g/mol. The second-order valence-electron chi connectivity index (χ2n) is 5.91. The Balaban J connectivity index is 2.96. The summed E-state index contributed by atoms with van der Waals surface area (Å²) < 4.78 is 5.57.